The number of aliphatic hydroxyl groups is 1. The van der Waals surface area contributed by atoms with Crippen molar-refractivity contribution in [1.82, 2.24) is 14.8 Å². The van der Waals surface area contributed by atoms with Crippen LogP contribution in [0.15, 0.2) is 22.7 Å². The van der Waals surface area contributed by atoms with Crippen LogP contribution in [0.25, 0.3) is 5.69 Å². The molecule has 16 heavy (non-hydrogen) atoms. The Morgan fingerprint density at radius 2 is 2.12 bits per heavy atom. The Labute approximate surface area is 102 Å². The molecule has 0 aliphatic heterocycles. The van der Waals surface area contributed by atoms with Crippen LogP contribution in [0.2, 0.25) is 0 Å². The molecule has 0 saturated heterocycles. The van der Waals surface area contributed by atoms with Crippen molar-refractivity contribution in [1.29, 1.82) is 0 Å². The zero-order chi connectivity index (χ0) is 11.7. The van der Waals surface area contributed by atoms with Crippen LogP contribution in [0.1, 0.15) is 17.2 Å². The van der Waals surface area contributed by atoms with Gasteiger partial charge in [-0.2, -0.15) is 5.10 Å². The molecular formula is C11H12BrN3O. The Bertz CT molecular complexity index is 522. The molecule has 4 nitrogen and oxygen atoms in total. The first-order valence-corrected chi connectivity index (χ1v) is 5.71. The van der Waals surface area contributed by atoms with Gasteiger partial charge in [-0.25, -0.2) is 9.67 Å². The summed E-state index contributed by atoms with van der Waals surface area (Å²) < 4.78 is 2.69. The molecular weight excluding hydrogens is 270 g/mol. The van der Waals surface area contributed by atoms with Crippen molar-refractivity contribution in [2.75, 3.05) is 0 Å². The molecule has 2 rings (SSSR count). The van der Waals surface area contributed by atoms with Crippen LogP contribution in [0.3, 0.4) is 0 Å². The Balaban J connectivity index is 2.62. The molecule has 1 aromatic carbocycles. The normalized spacial score (nSPS) is 10.8. The van der Waals surface area contributed by atoms with Gasteiger partial charge in [0.2, 0.25) is 0 Å². The Morgan fingerprint density at radius 1 is 1.38 bits per heavy atom. The zero-order valence-electron chi connectivity index (χ0n) is 9.11. The minimum absolute atomic E-state index is 0.0129. The maximum Gasteiger partial charge on any atom is 0.148 e. The van der Waals surface area contributed by atoms with E-state index in [0.717, 1.165) is 27.4 Å². The third kappa shape index (κ3) is 2.01. The molecule has 1 N–H and O–H groups in total. The maximum absolute atomic E-state index is 9.29. The molecule has 0 saturated carbocycles. The van der Waals surface area contributed by atoms with Crippen molar-refractivity contribution < 1.29 is 5.11 Å². The summed E-state index contributed by atoms with van der Waals surface area (Å²) in [5.74, 6) is 1.53. The van der Waals surface area contributed by atoms with Gasteiger partial charge in [0, 0.05) is 10.0 Å². The predicted molar refractivity (Wildman–Crippen MR) is 64.5 cm³/mol. The van der Waals surface area contributed by atoms with Crippen LogP contribution < -0.4 is 0 Å². The van der Waals surface area contributed by atoms with Gasteiger partial charge in [0.15, 0.2) is 0 Å². The highest BCUT2D eigenvalue weighted by Crippen LogP contribution is 2.21. The van der Waals surface area contributed by atoms with E-state index in [0.29, 0.717) is 0 Å². The molecule has 1 heterocycles. The molecule has 0 amide bonds. The number of aryl methyl sites for hydroxylation is 2. The van der Waals surface area contributed by atoms with Gasteiger partial charge >= 0.3 is 0 Å². The van der Waals surface area contributed by atoms with E-state index in [2.05, 4.69) is 26.0 Å². The van der Waals surface area contributed by atoms with E-state index in [1.165, 1.54) is 0 Å². The molecule has 0 spiro atoms. The van der Waals surface area contributed by atoms with Gasteiger partial charge in [0.05, 0.1) is 12.3 Å². The lowest BCUT2D eigenvalue weighted by atomic mass is 10.2. The van der Waals surface area contributed by atoms with E-state index in [1.807, 2.05) is 32.0 Å². The van der Waals surface area contributed by atoms with Crippen molar-refractivity contribution >= 4 is 15.9 Å². The third-order valence-corrected chi connectivity index (χ3v) is 2.81. The maximum atomic E-state index is 9.29. The topological polar surface area (TPSA) is 50.9 Å². The molecule has 2 aromatic rings. The predicted octanol–water partition coefficient (Wildman–Crippen LogP) is 2.14. The molecule has 5 heteroatoms. The van der Waals surface area contributed by atoms with Crippen LogP contribution in [-0.4, -0.2) is 19.9 Å². The number of nitrogens with zero attached hydrogens (tertiary/aromatic N) is 3. The van der Waals surface area contributed by atoms with Gasteiger partial charge in [-0.05, 0) is 26.0 Å². The van der Waals surface area contributed by atoms with E-state index in [1.54, 1.807) is 4.68 Å². The van der Waals surface area contributed by atoms with Crippen molar-refractivity contribution in [3.05, 3.63) is 39.9 Å². The first-order valence-electron chi connectivity index (χ1n) is 4.91. The fourth-order valence-electron chi connectivity index (χ4n) is 1.62. The van der Waals surface area contributed by atoms with Gasteiger partial charge < -0.3 is 5.11 Å². The van der Waals surface area contributed by atoms with Crippen LogP contribution in [-0.2, 0) is 6.61 Å². The Morgan fingerprint density at radius 3 is 2.69 bits per heavy atom. The molecule has 0 atom stereocenters. The van der Waals surface area contributed by atoms with Crippen LogP contribution in [0.4, 0.5) is 0 Å². The highest BCUT2D eigenvalue weighted by Gasteiger charge is 2.09. The molecule has 0 unspecified atom stereocenters. The summed E-state index contributed by atoms with van der Waals surface area (Å²) in [7, 11) is 0. The lowest BCUT2D eigenvalue weighted by Crippen LogP contribution is -2.03. The minimum Gasteiger partial charge on any atom is -0.392 e. The highest BCUT2D eigenvalue weighted by molar-refractivity contribution is 9.10. The summed E-state index contributed by atoms with van der Waals surface area (Å²) in [6, 6.07) is 5.69. The lowest BCUT2D eigenvalue weighted by molar-refractivity contribution is 0.281. The average Bonchev–Trinajstić information content (AvgIpc) is 2.57. The third-order valence-electron chi connectivity index (χ3n) is 2.32. The first kappa shape index (κ1) is 11.3. The summed E-state index contributed by atoms with van der Waals surface area (Å²) in [6.45, 7) is 3.73. The lowest BCUT2D eigenvalue weighted by Gasteiger charge is -2.08. The van der Waals surface area contributed by atoms with Gasteiger partial charge in [0.1, 0.15) is 11.6 Å². The summed E-state index contributed by atoms with van der Waals surface area (Å²) in [5, 5.41) is 13.6. The fraction of sp³-hybridized carbons (Fsp3) is 0.273. The standard InChI is InChI=1S/C11H12BrN3O/c1-7-13-8(2)15(14-7)11-5-10(12)4-3-9(11)6-16/h3-5,16H,6H2,1-2H3. The van der Waals surface area contributed by atoms with E-state index in [4.69, 9.17) is 0 Å². The van der Waals surface area contributed by atoms with Gasteiger partial charge in [0.25, 0.3) is 0 Å². The number of halogens is 1. The second kappa shape index (κ2) is 4.35. The van der Waals surface area contributed by atoms with Crippen molar-refractivity contribution in [2.24, 2.45) is 0 Å². The summed E-state index contributed by atoms with van der Waals surface area (Å²) >= 11 is 3.41. The number of rotatable bonds is 2. The monoisotopic (exact) mass is 281 g/mol. The first-order chi connectivity index (χ1) is 7.61. The summed E-state index contributed by atoms with van der Waals surface area (Å²) in [4.78, 5) is 4.25. The van der Waals surface area contributed by atoms with E-state index in [-0.39, 0.29) is 6.61 Å². The second-order valence-corrected chi connectivity index (χ2v) is 4.46. The number of hydrogen-bond donors (Lipinski definition) is 1. The minimum atomic E-state index is -0.0129. The highest BCUT2D eigenvalue weighted by atomic mass is 79.9. The number of aromatic nitrogens is 3. The fourth-order valence-corrected chi connectivity index (χ4v) is 1.97. The number of benzene rings is 1. The van der Waals surface area contributed by atoms with E-state index in [9.17, 15) is 5.11 Å². The van der Waals surface area contributed by atoms with E-state index < -0.39 is 0 Å². The number of hydrogen-bond acceptors (Lipinski definition) is 3. The molecule has 0 radical (unpaired) electrons. The second-order valence-electron chi connectivity index (χ2n) is 3.55. The van der Waals surface area contributed by atoms with Gasteiger partial charge in [-0.15, -0.1) is 0 Å². The largest absolute Gasteiger partial charge is 0.392 e. The van der Waals surface area contributed by atoms with Crippen LogP contribution in [0.5, 0.6) is 0 Å². The van der Waals surface area contributed by atoms with Crippen molar-refractivity contribution in [2.45, 2.75) is 20.5 Å². The average molecular weight is 282 g/mol. The van der Waals surface area contributed by atoms with E-state index >= 15 is 0 Å². The molecule has 0 bridgehead atoms. The van der Waals surface area contributed by atoms with Gasteiger partial charge in [-0.1, -0.05) is 22.0 Å². The SMILES string of the molecule is Cc1nc(C)n(-c2cc(Br)ccc2CO)n1. The number of aliphatic hydroxyl groups excluding tert-OH is 1. The Kier molecular flexibility index (Phi) is 3.07. The van der Waals surface area contributed by atoms with Gasteiger partial charge in [-0.3, -0.25) is 0 Å². The summed E-state index contributed by atoms with van der Waals surface area (Å²) in [5.41, 5.74) is 1.69. The summed E-state index contributed by atoms with van der Waals surface area (Å²) in [6.07, 6.45) is 0. The molecule has 1 aromatic heterocycles. The van der Waals surface area contributed by atoms with Crippen molar-refractivity contribution in [3.63, 3.8) is 0 Å². The molecule has 84 valence electrons. The Hall–Kier alpha value is -1.20. The van der Waals surface area contributed by atoms with Crippen molar-refractivity contribution in [3.8, 4) is 5.69 Å². The zero-order valence-corrected chi connectivity index (χ0v) is 10.7. The quantitative estimate of drug-likeness (QED) is 0.918. The molecule has 0 aliphatic rings. The molecule has 0 aliphatic carbocycles. The molecule has 0 fully saturated rings. The van der Waals surface area contributed by atoms with Crippen LogP contribution >= 0.6 is 15.9 Å². The van der Waals surface area contributed by atoms with Crippen LogP contribution in [0, 0.1) is 13.8 Å². The smallest absolute Gasteiger partial charge is 0.148 e.